The Morgan fingerprint density at radius 3 is 2.70 bits per heavy atom. The fourth-order valence-electron chi connectivity index (χ4n) is 3.51. The van der Waals surface area contributed by atoms with E-state index < -0.39 is 0 Å². The molecule has 2 heterocycles. The zero-order valence-corrected chi connectivity index (χ0v) is 14.0. The van der Waals surface area contributed by atoms with Crippen molar-refractivity contribution in [2.75, 3.05) is 13.1 Å². The smallest absolute Gasteiger partial charge is 0.264 e. The topological polar surface area (TPSA) is 37.4 Å². The van der Waals surface area contributed by atoms with Gasteiger partial charge in [0, 0.05) is 30.0 Å². The second-order valence-electron chi connectivity index (χ2n) is 6.42. The van der Waals surface area contributed by atoms with Gasteiger partial charge in [0.05, 0.1) is 4.88 Å². The van der Waals surface area contributed by atoms with E-state index in [1.54, 1.807) is 11.3 Å². The summed E-state index contributed by atoms with van der Waals surface area (Å²) < 4.78 is 0. The Balaban J connectivity index is 1.67. The number of likely N-dealkylation sites (tertiary alicyclic amines) is 1. The molecule has 23 heavy (non-hydrogen) atoms. The molecule has 1 fully saturated rings. The molecule has 0 radical (unpaired) electrons. The lowest BCUT2D eigenvalue weighted by Crippen LogP contribution is -2.27. The summed E-state index contributed by atoms with van der Waals surface area (Å²) in [6, 6.07) is 8.18. The highest BCUT2D eigenvalue weighted by Gasteiger charge is 2.24. The average molecular weight is 325 g/mol. The fourth-order valence-corrected chi connectivity index (χ4v) is 4.65. The van der Waals surface area contributed by atoms with Gasteiger partial charge in [-0.15, -0.1) is 11.3 Å². The van der Waals surface area contributed by atoms with E-state index >= 15 is 0 Å². The minimum absolute atomic E-state index is 0.174. The predicted octanol–water partition coefficient (Wildman–Crippen LogP) is 4.09. The Bertz CT molecular complexity index is 800. The third-order valence-corrected chi connectivity index (χ3v) is 6.09. The Labute approximate surface area is 139 Å². The van der Waals surface area contributed by atoms with Gasteiger partial charge in [-0.25, -0.2) is 0 Å². The Morgan fingerprint density at radius 2 is 1.91 bits per heavy atom. The van der Waals surface area contributed by atoms with E-state index in [2.05, 4.69) is 12.1 Å². The average Bonchev–Trinajstić information content (AvgIpc) is 3.27. The monoisotopic (exact) mass is 325 g/mol. The molecule has 0 bridgehead atoms. The Kier molecular flexibility index (Phi) is 3.57. The minimum Gasteiger partial charge on any atom is -0.338 e. The number of ketones is 1. The van der Waals surface area contributed by atoms with E-state index in [0.717, 1.165) is 64.4 Å². The summed E-state index contributed by atoms with van der Waals surface area (Å²) in [6.45, 7) is 3.78. The van der Waals surface area contributed by atoms with Gasteiger partial charge in [-0.05, 0) is 55.0 Å². The number of fused-ring (bicyclic) bond motifs is 1. The number of benzene rings is 1. The van der Waals surface area contributed by atoms with Crippen molar-refractivity contribution in [3.8, 4) is 10.4 Å². The first-order valence-corrected chi connectivity index (χ1v) is 9.01. The quantitative estimate of drug-likeness (QED) is 0.834. The van der Waals surface area contributed by atoms with E-state index in [-0.39, 0.29) is 11.7 Å². The summed E-state index contributed by atoms with van der Waals surface area (Å²) in [4.78, 5) is 28.3. The molecule has 4 heteroatoms. The SMILES string of the molecule is Cc1cc(-c2ccc3c(c2)CCC3=O)sc1C(=O)N1CCCC1. The van der Waals surface area contributed by atoms with Crippen LogP contribution >= 0.6 is 11.3 Å². The zero-order chi connectivity index (χ0) is 16.0. The highest BCUT2D eigenvalue weighted by atomic mass is 32.1. The van der Waals surface area contributed by atoms with E-state index in [4.69, 9.17) is 0 Å². The van der Waals surface area contributed by atoms with Gasteiger partial charge in [0.2, 0.25) is 0 Å². The first kappa shape index (κ1) is 14.6. The molecule has 1 aromatic carbocycles. The van der Waals surface area contributed by atoms with E-state index in [0.29, 0.717) is 6.42 Å². The molecule has 1 aromatic heterocycles. The number of amides is 1. The molecular formula is C19H19NO2S. The van der Waals surface area contributed by atoms with Crippen molar-refractivity contribution >= 4 is 23.0 Å². The van der Waals surface area contributed by atoms with Gasteiger partial charge in [-0.3, -0.25) is 9.59 Å². The molecule has 118 valence electrons. The van der Waals surface area contributed by atoms with Crippen LogP contribution < -0.4 is 0 Å². The van der Waals surface area contributed by atoms with Crippen molar-refractivity contribution in [2.45, 2.75) is 32.6 Å². The van der Waals surface area contributed by atoms with Crippen molar-refractivity contribution in [1.29, 1.82) is 0 Å². The van der Waals surface area contributed by atoms with Crippen LogP contribution in [0.3, 0.4) is 0 Å². The molecule has 2 aromatic rings. The van der Waals surface area contributed by atoms with Crippen LogP contribution in [0.25, 0.3) is 10.4 Å². The summed E-state index contributed by atoms with van der Waals surface area (Å²) in [5.74, 6) is 0.423. The molecule has 1 amide bonds. The number of hydrogen-bond donors (Lipinski definition) is 0. The Hall–Kier alpha value is -1.94. The fraction of sp³-hybridized carbons (Fsp3) is 0.368. The zero-order valence-electron chi connectivity index (χ0n) is 13.2. The van der Waals surface area contributed by atoms with Crippen LogP contribution in [0.4, 0.5) is 0 Å². The lowest BCUT2D eigenvalue weighted by molar-refractivity contribution is 0.0796. The molecule has 3 nitrogen and oxygen atoms in total. The normalized spacial score (nSPS) is 16.9. The van der Waals surface area contributed by atoms with Gasteiger partial charge in [0.25, 0.3) is 5.91 Å². The van der Waals surface area contributed by atoms with Crippen molar-refractivity contribution < 1.29 is 9.59 Å². The largest absolute Gasteiger partial charge is 0.338 e. The van der Waals surface area contributed by atoms with Crippen LogP contribution in [-0.2, 0) is 6.42 Å². The second kappa shape index (κ2) is 5.60. The van der Waals surface area contributed by atoms with Crippen molar-refractivity contribution in [3.63, 3.8) is 0 Å². The maximum Gasteiger partial charge on any atom is 0.264 e. The number of carbonyl (C=O) groups is 2. The Morgan fingerprint density at radius 1 is 1.13 bits per heavy atom. The van der Waals surface area contributed by atoms with Gasteiger partial charge in [-0.1, -0.05) is 12.1 Å². The van der Waals surface area contributed by atoms with E-state index in [1.165, 1.54) is 0 Å². The molecule has 2 aliphatic rings. The van der Waals surface area contributed by atoms with Crippen LogP contribution in [0.5, 0.6) is 0 Å². The van der Waals surface area contributed by atoms with Crippen molar-refractivity contribution in [3.05, 3.63) is 45.8 Å². The van der Waals surface area contributed by atoms with Crippen LogP contribution in [0, 0.1) is 6.92 Å². The number of carbonyl (C=O) groups excluding carboxylic acids is 2. The third kappa shape index (κ3) is 2.51. The number of rotatable bonds is 2. The molecule has 1 aliphatic carbocycles. The van der Waals surface area contributed by atoms with Crippen LogP contribution in [0.2, 0.25) is 0 Å². The molecule has 0 unspecified atom stereocenters. The summed E-state index contributed by atoms with van der Waals surface area (Å²) >= 11 is 1.58. The molecule has 0 N–H and O–H groups in total. The standard InChI is InChI=1S/C19H19NO2S/c1-12-10-17(23-18(12)19(22)20-8-2-3-9-20)14-4-6-15-13(11-14)5-7-16(15)21/h4,6,10-11H,2-3,5,7-9H2,1H3. The lowest BCUT2D eigenvalue weighted by Gasteiger charge is -2.14. The summed E-state index contributed by atoms with van der Waals surface area (Å²) in [5.41, 5.74) is 4.19. The van der Waals surface area contributed by atoms with Crippen LogP contribution in [-0.4, -0.2) is 29.7 Å². The maximum atomic E-state index is 12.6. The second-order valence-corrected chi connectivity index (χ2v) is 7.47. The number of nitrogens with zero attached hydrogens (tertiary/aromatic N) is 1. The molecule has 1 saturated heterocycles. The van der Waals surface area contributed by atoms with Crippen LogP contribution in [0.1, 0.15) is 50.4 Å². The van der Waals surface area contributed by atoms with Gasteiger partial charge < -0.3 is 4.90 Å². The predicted molar refractivity (Wildman–Crippen MR) is 92.3 cm³/mol. The number of aryl methyl sites for hydroxylation is 2. The highest BCUT2D eigenvalue weighted by molar-refractivity contribution is 7.17. The lowest BCUT2D eigenvalue weighted by atomic mass is 10.0. The number of thiophene rings is 1. The number of Topliss-reactive ketones (excluding diaryl/α,β-unsaturated/α-hetero) is 1. The van der Waals surface area contributed by atoms with Crippen molar-refractivity contribution in [1.82, 2.24) is 4.90 Å². The maximum absolute atomic E-state index is 12.6. The van der Waals surface area contributed by atoms with Gasteiger partial charge in [0.15, 0.2) is 5.78 Å². The van der Waals surface area contributed by atoms with Gasteiger partial charge in [0.1, 0.15) is 0 Å². The van der Waals surface area contributed by atoms with Gasteiger partial charge >= 0.3 is 0 Å². The minimum atomic E-state index is 0.174. The number of hydrogen-bond acceptors (Lipinski definition) is 3. The first-order valence-electron chi connectivity index (χ1n) is 8.20. The summed E-state index contributed by atoms with van der Waals surface area (Å²) in [7, 11) is 0. The summed E-state index contributed by atoms with van der Waals surface area (Å²) in [6.07, 6.45) is 3.69. The molecular weight excluding hydrogens is 306 g/mol. The van der Waals surface area contributed by atoms with E-state index in [9.17, 15) is 9.59 Å². The van der Waals surface area contributed by atoms with Crippen LogP contribution in [0.15, 0.2) is 24.3 Å². The molecule has 4 rings (SSSR count). The highest BCUT2D eigenvalue weighted by Crippen LogP contribution is 2.35. The third-order valence-electron chi connectivity index (χ3n) is 4.82. The molecule has 0 saturated carbocycles. The molecule has 0 spiro atoms. The molecule has 1 aliphatic heterocycles. The molecule has 0 atom stereocenters. The van der Waals surface area contributed by atoms with Crippen molar-refractivity contribution in [2.24, 2.45) is 0 Å². The van der Waals surface area contributed by atoms with E-state index in [1.807, 2.05) is 24.0 Å². The first-order chi connectivity index (χ1) is 11.1. The summed E-state index contributed by atoms with van der Waals surface area (Å²) in [5, 5.41) is 0. The van der Waals surface area contributed by atoms with Gasteiger partial charge in [-0.2, -0.15) is 0 Å².